The highest BCUT2D eigenvalue weighted by Crippen LogP contribution is 2.32. The number of esters is 1. The Morgan fingerprint density at radius 2 is 1.48 bits per heavy atom. The lowest BCUT2D eigenvalue weighted by molar-refractivity contribution is 0.0668. The van der Waals surface area contributed by atoms with Crippen LogP contribution in [0.25, 0.3) is 0 Å². The minimum absolute atomic E-state index is 0.0715. The summed E-state index contributed by atoms with van der Waals surface area (Å²) in [6.07, 6.45) is 0. The van der Waals surface area contributed by atoms with Gasteiger partial charge in [-0.1, -0.05) is 0 Å². The molecule has 0 aromatic heterocycles. The molecule has 0 saturated heterocycles. The first-order valence-electron chi connectivity index (χ1n) is 6.02. The molecule has 25 heavy (non-hydrogen) atoms. The molecule has 4 nitrogen and oxygen atoms in total. The SMILES string of the molecule is O=C(Oc1c(F)c(F)c(F)c(F)c1C(=O)O)c1cc(I)cc(I)c1I. The predicted octanol–water partition coefficient (Wildman–Crippen LogP) is 4.97. The Balaban J connectivity index is 2.62. The van der Waals surface area contributed by atoms with Gasteiger partial charge in [0.25, 0.3) is 0 Å². The number of ether oxygens (including phenoxy) is 1. The number of carbonyl (C=O) groups is 2. The van der Waals surface area contributed by atoms with Gasteiger partial charge in [-0.05, 0) is 79.9 Å². The fourth-order valence-corrected chi connectivity index (χ4v) is 4.13. The fraction of sp³-hybridized carbons (Fsp3) is 0. The van der Waals surface area contributed by atoms with E-state index in [1.165, 1.54) is 6.07 Å². The molecule has 0 aliphatic heterocycles. The quantitative estimate of drug-likeness (QED) is 0.123. The van der Waals surface area contributed by atoms with Gasteiger partial charge in [-0.25, -0.2) is 22.8 Å². The molecule has 2 rings (SSSR count). The van der Waals surface area contributed by atoms with E-state index >= 15 is 0 Å². The number of rotatable bonds is 3. The molecule has 0 saturated carbocycles. The van der Waals surface area contributed by atoms with Crippen molar-refractivity contribution in [3.05, 3.63) is 57.2 Å². The molecule has 0 fully saturated rings. The van der Waals surface area contributed by atoms with Crippen LogP contribution in [0.2, 0.25) is 0 Å². The maximum Gasteiger partial charge on any atom is 0.344 e. The van der Waals surface area contributed by atoms with E-state index < -0.39 is 46.5 Å². The normalized spacial score (nSPS) is 10.7. The first-order chi connectivity index (χ1) is 11.6. The summed E-state index contributed by atoms with van der Waals surface area (Å²) in [5.41, 5.74) is -1.68. The zero-order valence-electron chi connectivity index (χ0n) is 11.5. The van der Waals surface area contributed by atoms with Crippen molar-refractivity contribution in [2.75, 3.05) is 0 Å². The van der Waals surface area contributed by atoms with Gasteiger partial charge >= 0.3 is 11.9 Å². The van der Waals surface area contributed by atoms with Crippen molar-refractivity contribution in [2.45, 2.75) is 0 Å². The van der Waals surface area contributed by atoms with Gasteiger partial charge in [0.15, 0.2) is 17.4 Å². The molecule has 132 valence electrons. The highest BCUT2D eigenvalue weighted by Gasteiger charge is 2.32. The van der Waals surface area contributed by atoms with Crippen LogP contribution in [-0.2, 0) is 0 Å². The van der Waals surface area contributed by atoms with Gasteiger partial charge in [0, 0.05) is 10.7 Å². The summed E-state index contributed by atoms with van der Waals surface area (Å²) in [5.74, 6) is -13.8. The van der Waals surface area contributed by atoms with E-state index in [1.54, 1.807) is 28.7 Å². The summed E-state index contributed by atoms with van der Waals surface area (Å²) in [6.45, 7) is 0. The van der Waals surface area contributed by atoms with Crippen LogP contribution >= 0.6 is 67.8 Å². The molecule has 0 aliphatic carbocycles. The van der Waals surface area contributed by atoms with Crippen LogP contribution in [-0.4, -0.2) is 17.0 Å². The third-order valence-electron chi connectivity index (χ3n) is 2.85. The Bertz CT molecular complexity index is 918. The van der Waals surface area contributed by atoms with Crippen LogP contribution in [0.3, 0.4) is 0 Å². The third kappa shape index (κ3) is 4.01. The van der Waals surface area contributed by atoms with E-state index in [0.29, 0.717) is 10.7 Å². The molecule has 2 aromatic carbocycles. The molecule has 0 bridgehead atoms. The van der Waals surface area contributed by atoms with Crippen molar-refractivity contribution in [2.24, 2.45) is 0 Å². The molecule has 0 unspecified atom stereocenters. The van der Waals surface area contributed by atoms with E-state index in [1.807, 2.05) is 45.2 Å². The second-order valence-corrected chi connectivity index (χ2v) is 7.89. The fourth-order valence-electron chi connectivity index (χ4n) is 1.75. The van der Waals surface area contributed by atoms with Gasteiger partial charge in [0.2, 0.25) is 11.6 Å². The standard InChI is InChI=1S/C14H3F4I3O4/c15-7-6(13(22)23)12(10(18)9(17)8(7)16)25-14(24)4-1-3(19)2-5(20)11(4)21/h1-2H,(H,22,23). The molecule has 0 spiro atoms. The van der Waals surface area contributed by atoms with E-state index in [9.17, 15) is 27.2 Å². The zero-order chi connectivity index (χ0) is 19.0. The van der Waals surface area contributed by atoms with Gasteiger partial charge in [-0.2, -0.15) is 4.39 Å². The van der Waals surface area contributed by atoms with Crippen LogP contribution in [0.5, 0.6) is 5.75 Å². The summed E-state index contributed by atoms with van der Waals surface area (Å²) < 4.78 is 60.4. The lowest BCUT2D eigenvalue weighted by Crippen LogP contribution is -2.18. The van der Waals surface area contributed by atoms with Gasteiger partial charge in [0.05, 0.1) is 5.56 Å². The van der Waals surface area contributed by atoms with Gasteiger partial charge in [-0.3, -0.25) is 0 Å². The number of carbonyl (C=O) groups excluding carboxylic acids is 1. The first kappa shape index (κ1) is 20.6. The monoisotopic (exact) mass is 692 g/mol. The average molecular weight is 692 g/mol. The lowest BCUT2D eigenvalue weighted by atomic mass is 10.1. The topological polar surface area (TPSA) is 63.6 Å². The predicted molar refractivity (Wildman–Crippen MR) is 103 cm³/mol. The summed E-state index contributed by atoms with van der Waals surface area (Å²) in [4.78, 5) is 23.3. The molecule has 11 heteroatoms. The highest BCUT2D eigenvalue weighted by molar-refractivity contribution is 14.1. The van der Waals surface area contributed by atoms with Gasteiger partial charge < -0.3 is 9.84 Å². The summed E-state index contributed by atoms with van der Waals surface area (Å²) in [6, 6.07) is 3.08. The molecule has 1 N–H and O–H groups in total. The zero-order valence-corrected chi connectivity index (χ0v) is 17.9. The molecular formula is C14H3F4I3O4. The summed E-state index contributed by atoms with van der Waals surface area (Å²) >= 11 is 5.62. The van der Waals surface area contributed by atoms with E-state index in [2.05, 4.69) is 4.74 Å². The van der Waals surface area contributed by atoms with Gasteiger partial charge in [-0.15, -0.1) is 0 Å². The van der Waals surface area contributed by atoms with Crippen molar-refractivity contribution in [3.63, 3.8) is 0 Å². The Kier molecular flexibility index (Phi) is 6.50. The van der Waals surface area contributed by atoms with Crippen LogP contribution in [0, 0.1) is 34.0 Å². The molecule has 0 aliphatic rings. The average Bonchev–Trinajstić information content (AvgIpc) is 2.53. The van der Waals surface area contributed by atoms with E-state index in [0.717, 1.165) is 0 Å². The largest absolute Gasteiger partial charge is 0.477 e. The number of hydrogen-bond acceptors (Lipinski definition) is 3. The van der Waals surface area contributed by atoms with Crippen LogP contribution < -0.4 is 4.74 Å². The van der Waals surface area contributed by atoms with Gasteiger partial charge in [0.1, 0.15) is 5.56 Å². The molecule has 0 heterocycles. The number of benzene rings is 2. The smallest absolute Gasteiger partial charge is 0.344 e. The van der Waals surface area contributed by atoms with Crippen molar-refractivity contribution >= 4 is 79.7 Å². The summed E-state index contributed by atoms with van der Waals surface area (Å²) in [7, 11) is 0. The Hall–Kier alpha value is -0.710. The van der Waals surface area contributed by atoms with Crippen molar-refractivity contribution < 1.29 is 37.0 Å². The minimum atomic E-state index is -2.31. The van der Waals surface area contributed by atoms with Crippen molar-refractivity contribution in [1.29, 1.82) is 0 Å². The Labute approximate surface area is 178 Å². The maximum atomic E-state index is 13.9. The number of carboxylic acids is 1. The first-order valence-corrected chi connectivity index (χ1v) is 9.25. The number of hydrogen-bond donors (Lipinski definition) is 1. The van der Waals surface area contributed by atoms with Crippen molar-refractivity contribution in [3.8, 4) is 5.75 Å². The minimum Gasteiger partial charge on any atom is -0.477 e. The van der Waals surface area contributed by atoms with E-state index in [4.69, 9.17) is 5.11 Å². The second-order valence-electron chi connectivity index (χ2n) is 4.40. The molecular weight excluding hydrogens is 689 g/mol. The number of carboxylic acid groups (broad SMARTS) is 1. The second kappa shape index (κ2) is 7.89. The Morgan fingerprint density at radius 3 is 2.04 bits per heavy atom. The molecule has 0 atom stereocenters. The van der Waals surface area contributed by atoms with E-state index in [-0.39, 0.29) is 5.56 Å². The van der Waals surface area contributed by atoms with Crippen molar-refractivity contribution in [1.82, 2.24) is 0 Å². The lowest BCUT2D eigenvalue weighted by Gasteiger charge is -2.12. The molecule has 2 aromatic rings. The van der Waals surface area contributed by atoms with Crippen LogP contribution in [0.15, 0.2) is 12.1 Å². The van der Waals surface area contributed by atoms with Crippen LogP contribution in [0.1, 0.15) is 20.7 Å². The third-order valence-corrected chi connectivity index (χ3v) is 6.51. The highest BCUT2D eigenvalue weighted by atomic mass is 127. The molecule has 0 amide bonds. The maximum absolute atomic E-state index is 13.9. The number of halogens is 7. The number of aromatic carboxylic acids is 1. The summed E-state index contributed by atoms with van der Waals surface area (Å²) in [5, 5.41) is 8.92. The molecule has 0 radical (unpaired) electrons. The van der Waals surface area contributed by atoms with Crippen LogP contribution in [0.4, 0.5) is 17.6 Å². The Morgan fingerprint density at radius 1 is 0.920 bits per heavy atom.